The summed E-state index contributed by atoms with van der Waals surface area (Å²) in [7, 11) is -3.63. The van der Waals surface area contributed by atoms with E-state index in [1.807, 2.05) is 48.5 Å². The van der Waals surface area contributed by atoms with Crippen LogP contribution in [0.25, 0.3) is 0 Å². The first-order chi connectivity index (χ1) is 17.7. The molecule has 0 unspecified atom stereocenters. The predicted molar refractivity (Wildman–Crippen MR) is 145 cm³/mol. The van der Waals surface area contributed by atoms with Crippen LogP contribution in [0.5, 0.6) is 5.75 Å². The van der Waals surface area contributed by atoms with E-state index in [0.717, 1.165) is 42.8 Å². The van der Waals surface area contributed by atoms with E-state index in [1.165, 1.54) is 5.56 Å². The Morgan fingerprint density at radius 3 is 2.70 bits per heavy atom. The lowest BCUT2D eigenvalue weighted by molar-refractivity contribution is -0.194. The summed E-state index contributed by atoms with van der Waals surface area (Å²) in [4.78, 5) is 2.36. The molecule has 2 bridgehead atoms. The number of nitrogens with zero attached hydrogens (tertiary/aromatic N) is 2. The normalized spacial score (nSPS) is 32.3. The van der Waals surface area contributed by atoms with Crippen molar-refractivity contribution in [3.05, 3.63) is 77.9 Å². The Morgan fingerprint density at radius 1 is 1.19 bits per heavy atom. The lowest BCUT2D eigenvalue weighted by atomic mass is 9.48. The van der Waals surface area contributed by atoms with Gasteiger partial charge in [0, 0.05) is 24.7 Å². The average molecular weight is 523 g/mol. The molecule has 0 aromatic heterocycles. The molecule has 6 rings (SSSR count). The van der Waals surface area contributed by atoms with Crippen LogP contribution in [-0.4, -0.2) is 66.2 Å². The highest BCUT2D eigenvalue weighted by Gasteiger charge is 2.73. The molecule has 2 aliphatic heterocycles. The Bertz CT molecular complexity index is 1300. The molecule has 2 fully saturated rings. The second-order valence-electron chi connectivity index (χ2n) is 11.8. The Hall–Kier alpha value is -2.19. The van der Waals surface area contributed by atoms with Gasteiger partial charge in [-0.25, -0.2) is 8.42 Å². The number of piperidine rings is 1. The number of benzene rings is 2. The molecule has 4 aliphatic rings. The van der Waals surface area contributed by atoms with Gasteiger partial charge in [0.25, 0.3) is 0 Å². The van der Waals surface area contributed by atoms with E-state index in [-0.39, 0.29) is 23.8 Å². The van der Waals surface area contributed by atoms with Crippen molar-refractivity contribution in [2.45, 2.75) is 74.5 Å². The van der Waals surface area contributed by atoms with Gasteiger partial charge in [0.15, 0.2) is 0 Å². The van der Waals surface area contributed by atoms with E-state index in [0.29, 0.717) is 19.4 Å². The standard InChI is InChI=1S/C30H38N2O4S/c1-4-16-31-17-15-29-27-23-11-8-12-25(27)36-28(29)24(13-14-30(29,33)26(31)18-23)32(19-21(2)3)37(34,35)20-22-9-6-5-7-10-22/h4-12,21,24,26,28,33H,1,13-20H2,2-3H3/t24-,26+,28-,29-,30+/m0/s1. The number of hydrogen-bond donors (Lipinski definition) is 1. The van der Waals surface area contributed by atoms with Crippen molar-refractivity contribution in [2.24, 2.45) is 5.92 Å². The second-order valence-corrected chi connectivity index (χ2v) is 13.7. The molecular formula is C30H38N2O4S. The third-order valence-corrected chi connectivity index (χ3v) is 11.1. The van der Waals surface area contributed by atoms with Gasteiger partial charge < -0.3 is 9.84 Å². The van der Waals surface area contributed by atoms with Crippen LogP contribution in [0.15, 0.2) is 61.2 Å². The molecule has 0 radical (unpaired) electrons. The van der Waals surface area contributed by atoms with Crippen molar-refractivity contribution >= 4 is 10.0 Å². The van der Waals surface area contributed by atoms with Crippen LogP contribution in [0, 0.1) is 5.92 Å². The maximum absolute atomic E-state index is 14.0. The average Bonchev–Trinajstić information content (AvgIpc) is 3.20. The summed E-state index contributed by atoms with van der Waals surface area (Å²) in [5, 5.41) is 12.6. The summed E-state index contributed by atoms with van der Waals surface area (Å²) in [6.45, 7) is 10.1. The minimum absolute atomic E-state index is 0.0328. The number of ether oxygens (including phenoxy) is 1. The van der Waals surface area contributed by atoms with Crippen LogP contribution in [0.1, 0.15) is 49.8 Å². The Balaban J connectivity index is 1.45. The maximum Gasteiger partial charge on any atom is 0.218 e. The van der Waals surface area contributed by atoms with Gasteiger partial charge in [0.1, 0.15) is 11.9 Å². The van der Waals surface area contributed by atoms with Crippen molar-refractivity contribution in [1.82, 2.24) is 9.21 Å². The fraction of sp³-hybridized carbons (Fsp3) is 0.533. The minimum atomic E-state index is -3.63. The molecule has 5 atom stereocenters. The van der Waals surface area contributed by atoms with Crippen LogP contribution < -0.4 is 4.74 Å². The molecule has 198 valence electrons. The van der Waals surface area contributed by atoms with Gasteiger partial charge in [0.2, 0.25) is 10.0 Å². The van der Waals surface area contributed by atoms with Gasteiger partial charge in [-0.3, -0.25) is 4.90 Å². The second kappa shape index (κ2) is 8.94. The third-order valence-electron chi connectivity index (χ3n) is 9.27. The lowest BCUT2D eigenvalue weighted by Crippen LogP contribution is -2.78. The summed E-state index contributed by atoms with van der Waals surface area (Å²) >= 11 is 0. The molecule has 1 saturated heterocycles. The predicted octanol–water partition coefficient (Wildman–Crippen LogP) is 3.88. The summed E-state index contributed by atoms with van der Waals surface area (Å²) in [6.07, 6.45) is 4.15. The summed E-state index contributed by atoms with van der Waals surface area (Å²) in [6, 6.07) is 15.3. The van der Waals surface area contributed by atoms with E-state index in [9.17, 15) is 13.5 Å². The minimum Gasteiger partial charge on any atom is -0.487 e. The largest absolute Gasteiger partial charge is 0.487 e. The third kappa shape index (κ3) is 3.65. The van der Waals surface area contributed by atoms with Crippen molar-refractivity contribution in [3.8, 4) is 5.75 Å². The number of likely N-dealkylation sites (tertiary alicyclic amines) is 1. The van der Waals surface area contributed by atoms with Crippen molar-refractivity contribution < 1.29 is 18.3 Å². The highest BCUT2D eigenvalue weighted by molar-refractivity contribution is 7.88. The van der Waals surface area contributed by atoms with Crippen molar-refractivity contribution in [3.63, 3.8) is 0 Å². The molecule has 1 N–H and O–H groups in total. The number of hydrogen-bond acceptors (Lipinski definition) is 5. The van der Waals surface area contributed by atoms with Crippen LogP contribution in [0.4, 0.5) is 0 Å². The van der Waals surface area contributed by atoms with Gasteiger partial charge in [-0.15, -0.1) is 6.58 Å². The van der Waals surface area contributed by atoms with Crippen LogP contribution >= 0.6 is 0 Å². The molecule has 2 aromatic rings. The summed E-state index contributed by atoms with van der Waals surface area (Å²) in [5.41, 5.74) is 1.56. The molecule has 37 heavy (non-hydrogen) atoms. The lowest BCUT2D eigenvalue weighted by Gasteiger charge is -2.64. The van der Waals surface area contributed by atoms with E-state index < -0.39 is 27.1 Å². The van der Waals surface area contributed by atoms with E-state index in [2.05, 4.69) is 31.4 Å². The molecule has 0 amide bonds. The van der Waals surface area contributed by atoms with Gasteiger partial charge in [0.05, 0.1) is 22.8 Å². The zero-order valence-electron chi connectivity index (χ0n) is 21.8. The maximum atomic E-state index is 14.0. The highest BCUT2D eigenvalue weighted by Crippen LogP contribution is 2.64. The van der Waals surface area contributed by atoms with Crippen LogP contribution in [0.2, 0.25) is 0 Å². The Labute approximate surface area is 221 Å². The van der Waals surface area contributed by atoms with E-state index >= 15 is 0 Å². The monoisotopic (exact) mass is 522 g/mol. The molecular weight excluding hydrogens is 484 g/mol. The van der Waals surface area contributed by atoms with Gasteiger partial charge in [-0.2, -0.15) is 4.31 Å². The first-order valence-corrected chi connectivity index (χ1v) is 15.2. The zero-order valence-corrected chi connectivity index (χ0v) is 22.7. The van der Waals surface area contributed by atoms with Gasteiger partial charge in [-0.1, -0.05) is 62.4 Å². The Kier molecular flexibility index (Phi) is 6.07. The molecule has 1 spiro atoms. The first-order valence-electron chi connectivity index (χ1n) is 13.6. The number of rotatable bonds is 8. The zero-order chi connectivity index (χ0) is 26.0. The molecule has 2 aliphatic carbocycles. The summed E-state index contributed by atoms with van der Waals surface area (Å²) < 4.78 is 36.6. The number of sulfonamides is 1. The smallest absolute Gasteiger partial charge is 0.218 e. The van der Waals surface area contributed by atoms with E-state index in [4.69, 9.17) is 4.74 Å². The molecule has 6 nitrogen and oxygen atoms in total. The molecule has 7 heteroatoms. The summed E-state index contributed by atoms with van der Waals surface area (Å²) in [5.74, 6) is 0.958. The van der Waals surface area contributed by atoms with Crippen LogP contribution in [0.3, 0.4) is 0 Å². The van der Waals surface area contributed by atoms with Crippen molar-refractivity contribution in [2.75, 3.05) is 19.6 Å². The quantitative estimate of drug-likeness (QED) is 0.533. The SMILES string of the molecule is C=CCN1CC[C@]23c4c5cccc4O[C@H]2[C@@H](N(CC(C)C)S(=O)(=O)Cc2ccccc2)CC[C@@]3(O)[C@H]1C5. The fourth-order valence-electron chi connectivity index (χ4n) is 7.94. The van der Waals surface area contributed by atoms with E-state index in [1.54, 1.807) is 4.31 Å². The molecule has 1 saturated carbocycles. The molecule has 2 aromatic carbocycles. The Morgan fingerprint density at radius 2 is 1.97 bits per heavy atom. The first kappa shape index (κ1) is 25.1. The van der Waals surface area contributed by atoms with Gasteiger partial charge >= 0.3 is 0 Å². The van der Waals surface area contributed by atoms with Crippen molar-refractivity contribution in [1.29, 1.82) is 0 Å². The van der Waals surface area contributed by atoms with Crippen LogP contribution in [-0.2, 0) is 27.6 Å². The number of aliphatic hydroxyl groups is 1. The molecule has 2 heterocycles. The van der Waals surface area contributed by atoms with Gasteiger partial charge in [-0.05, 0) is 55.3 Å². The highest BCUT2D eigenvalue weighted by atomic mass is 32.2. The topological polar surface area (TPSA) is 70.1 Å². The fourth-order valence-corrected chi connectivity index (χ4v) is 9.87.